The van der Waals surface area contributed by atoms with Gasteiger partial charge in [0.1, 0.15) is 12.4 Å². The average Bonchev–Trinajstić information content (AvgIpc) is 2.28. The molecule has 0 spiro atoms. The molecule has 1 N–H and O–H groups in total. The quantitative estimate of drug-likeness (QED) is 0.304. The van der Waals surface area contributed by atoms with Gasteiger partial charge in [-0.05, 0) is 17.7 Å². The molecule has 17 heavy (non-hydrogen) atoms. The molecule has 4 nitrogen and oxygen atoms in total. The van der Waals surface area contributed by atoms with E-state index in [1.165, 1.54) is 0 Å². The second-order valence-corrected chi connectivity index (χ2v) is 5.30. The van der Waals surface area contributed by atoms with Crippen LogP contribution in [0.5, 0.6) is 5.75 Å². The minimum absolute atomic E-state index is 0.132. The Hall–Kier alpha value is -0.680. The van der Waals surface area contributed by atoms with E-state index in [0.717, 1.165) is 11.3 Å². The molecule has 1 aromatic carbocycles. The lowest BCUT2D eigenvalue weighted by Gasteiger charge is -2.11. The van der Waals surface area contributed by atoms with Crippen LogP contribution in [-0.2, 0) is 16.4 Å². The summed E-state index contributed by atoms with van der Waals surface area (Å²) in [7, 11) is 1.58. The van der Waals surface area contributed by atoms with Crippen molar-refractivity contribution in [2.75, 3.05) is 7.11 Å². The predicted molar refractivity (Wildman–Crippen MR) is 66.9 cm³/mol. The summed E-state index contributed by atoms with van der Waals surface area (Å²) in [5.41, 5.74) is 0.836. The second kappa shape index (κ2) is 6.31. The van der Waals surface area contributed by atoms with Crippen LogP contribution in [0.4, 0.5) is 0 Å². The van der Waals surface area contributed by atoms with Crippen molar-refractivity contribution in [1.82, 2.24) is 0 Å². The predicted octanol–water partition coefficient (Wildman–Crippen LogP) is 3.49. The Morgan fingerprint density at radius 3 is 2.29 bits per heavy atom. The molecular formula is C10H10Cl3NO3. The van der Waals surface area contributed by atoms with Crippen molar-refractivity contribution in [2.45, 2.75) is 10.4 Å². The summed E-state index contributed by atoms with van der Waals surface area (Å²) < 4.78 is 3.08. The highest BCUT2D eigenvalue weighted by atomic mass is 35.6. The normalized spacial score (nSPS) is 11.1. The number of rotatable bonds is 4. The fourth-order valence-electron chi connectivity index (χ4n) is 0.925. The molecule has 0 bridgehead atoms. The van der Waals surface area contributed by atoms with Gasteiger partial charge in [-0.15, -0.1) is 0 Å². The van der Waals surface area contributed by atoms with E-state index in [2.05, 4.69) is 4.89 Å². The van der Waals surface area contributed by atoms with E-state index in [1.807, 2.05) is 0 Å². The topological polar surface area (TPSA) is 51.5 Å². The molecule has 0 saturated heterocycles. The number of hydrogen-bond donors (Lipinski definition) is 1. The molecule has 0 amide bonds. The summed E-state index contributed by atoms with van der Waals surface area (Å²) in [4.78, 5) is 9.29. The first kappa shape index (κ1) is 14.4. The average molecular weight is 299 g/mol. The molecule has 0 fully saturated rings. The molecule has 1 rings (SSSR count). The fourth-order valence-corrected chi connectivity index (χ4v) is 1.02. The van der Waals surface area contributed by atoms with Crippen molar-refractivity contribution < 1.29 is 14.5 Å². The first-order valence-corrected chi connectivity index (χ1v) is 5.65. The molecular weight excluding hydrogens is 288 g/mol. The molecule has 0 aromatic heterocycles. The fraction of sp³-hybridized carbons (Fsp3) is 0.300. The van der Waals surface area contributed by atoms with Gasteiger partial charge in [-0.1, -0.05) is 46.9 Å². The van der Waals surface area contributed by atoms with Gasteiger partial charge < -0.3 is 9.62 Å². The van der Waals surface area contributed by atoms with Crippen LogP contribution in [0.3, 0.4) is 0 Å². The van der Waals surface area contributed by atoms with Crippen LogP contribution in [0.15, 0.2) is 24.3 Å². The minimum Gasteiger partial charge on any atom is -0.497 e. The van der Waals surface area contributed by atoms with Gasteiger partial charge >= 0.3 is 0 Å². The molecule has 0 heterocycles. The lowest BCUT2D eigenvalue weighted by Crippen LogP contribution is -2.21. The number of hydrogen-bond acceptors (Lipinski definition) is 4. The van der Waals surface area contributed by atoms with E-state index in [1.54, 1.807) is 31.4 Å². The summed E-state index contributed by atoms with van der Waals surface area (Å²) in [6, 6.07) is 7.14. The van der Waals surface area contributed by atoms with Gasteiger partial charge in [0, 0.05) is 0 Å². The molecule has 0 radical (unpaired) electrons. The largest absolute Gasteiger partial charge is 0.497 e. The standard InChI is InChI=1S/C10H10Cl3NO3/c1-15-8-4-2-7(3-5-8)6-16-17-9(14)10(11,12)13/h2-5,14H,6H2,1H3. The Bertz CT molecular complexity index is 375. The van der Waals surface area contributed by atoms with Crippen molar-refractivity contribution in [3.63, 3.8) is 0 Å². The van der Waals surface area contributed by atoms with Gasteiger partial charge in [0.05, 0.1) is 7.11 Å². The van der Waals surface area contributed by atoms with Crippen molar-refractivity contribution in [2.24, 2.45) is 0 Å². The highest BCUT2D eigenvalue weighted by Gasteiger charge is 2.29. The number of alkyl halides is 3. The van der Waals surface area contributed by atoms with Crippen molar-refractivity contribution >= 4 is 40.7 Å². The van der Waals surface area contributed by atoms with Crippen LogP contribution in [0.2, 0.25) is 0 Å². The Balaban J connectivity index is 2.38. The third-order valence-corrected chi connectivity index (χ3v) is 2.30. The summed E-state index contributed by atoms with van der Waals surface area (Å²) >= 11 is 16.2. The van der Waals surface area contributed by atoms with Crippen LogP contribution in [0.25, 0.3) is 0 Å². The third-order valence-electron chi connectivity index (χ3n) is 1.78. The monoisotopic (exact) mass is 297 g/mol. The van der Waals surface area contributed by atoms with Crippen molar-refractivity contribution in [3.05, 3.63) is 29.8 Å². The summed E-state index contributed by atoms with van der Waals surface area (Å²) in [6.45, 7) is 0.132. The van der Waals surface area contributed by atoms with E-state index in [-0.39, 0.29) is 6.61 Å². The molecule has 0 aliphatic carbocycles. The SMILES string of the molecule is COc1ccc(COOC(=N)C(Cl)(Cl)Cl)cc1. The Labute approximate surface area is 114 Å². The molecule has 0 saturated carbocycles. The maximum atomic E-state index is 7.21. The maximum absolute atomic E-state index is 7.21. The number of ether oxygens (including phenoxy) is 1. The number of nitrogens with one attached hydrogen (secondary N) is 1. The van der Waals surface area contributed by atoms with E-state index in [0.29, 0.717) is 0 Å². The Kier molecular flexibility index (Phi) is 5.33. The second-order valence-electron chi connectivity index (χ2n) is 3.02. The minimum atomic E-state index is -1.92. The Morgan fingerprint density at radius 1 is 1.24 bits per heavy atom. The van der Waals surface area contributed by atoms with E-state index < -0.39 is 9.69 Å². The zero-order valence-corrected chi connectivity index (χ0v) is 11.1. The molecule has 7 heteroatoms. The van der Waals surface area contributed by atoms with Crippen LogP contribution in [-0.4, -0.2) is 16.8 Å². The first-order chi connectivity index (χ1) is 7.93. The molecule has 0 atom stereocenters. The number of halogens is 3. The number of benzene rings is 1. The lowest BCUT2D eigenvalue weighted by atomic mass is 10.2. The Morgan fingerprint density at radius 2 is 1.82 bits per heavy atom. The molecule has 1 aromatic rings. The van der Waals surface area contributed by atoms with Gasteiger partial charge in [0.25, 0.3) is 9.69 Å². The van der Waals surface area contributed by atoms with Crippen LogP contribution < -0.4 is 4.74 Å². The van der Waals surface area contributed by atoms with Gasteiger partial charge in [-0.2, -0.15) is 4.89 Å². The van der Waals surface area contributed by atoms with Gasteiger partial charge in [-0.3, -0.25) is 5.41 Å². The van der Waals surface area contributed by atoms with Gasteiger partial charge in [0.15, 0.2) is 0 Å². The molecule has 0 aliphatic heterocycles. The van der Waals surface area contributed by atoms with Gasteiger partial charge in [0.2, 0.25) is 0 Å². The molecule has 0 unspecified atom stereocenters. The number of methoxy groups -OCH3 is 1. The van der Waals surface area contributed by atoms with Crippen LogP contribution in [0.1, 0.15) is 5.56 Å². The van der Waals surface area contributed by atoms with E-state index in [4.69, 9.17) is 49.8 Å². The van der Waals surface area contributed by atoms with Gasteiger partial charge in [-0.25, -0.2) is 0 Å². The van der Waals surface area contributed by atoms with E-state index >= 15 is 0 Å². The van der Waals surface area contributed by atoms with Crippen LogP contribution >= 0.6 is 34.8 Å². The van der Waals surface area contributed by atoms with Crippen molar-refractivity contribution in [1.29, 1.82) is 5.41 Å². The molecule has 0 aliphatic rings. The zero-order valence-electron chi connectivity index (χ0n) is 8.88. The first-order valence-electron chi connectivity index (χ1n) is 4.51. The highest BCUT2D eigenvalue weighted by molar-refractivity contribution is 6.75. The maximum Gasteiger partial charge on any atom is 0.277 e. The van der Waals surface area contributed by atoms with E-state index in [9.17, 15) is 0 Å². The summed E-state index contributed by atoms with van der Waals surface area (Å²) in [5.74, 6) is 0.153. The van der Waals surface area contributed by atoms with Crippen molar-refractivity contribution in [3.8, 4) is 5.75 Å². The molecule has 94 valence electrons. The smallest absolute Gasteiger partial charge is 0.277 e. The highest BCUT2D eigenvalue weighted by Crippen LogP contribution is 2.27. The van der Waals surface area contributed by atoms with Crippen LogP contribution in [0, 0.1) is 5.41 Å². The summed E-state index contributed by atoms with van der Waals surface area (Å²) in [6.07, 6.45) is 0. The third kappa shape index (κ3) is 5.00. The zero-order chi connectivity index (χ0) is 12.9. The summed E-state index contributed by atoms with van der Waals surface area (Å²) in [5, 5.41) is 7.21. The lowest BCUT2D eigenvalue weighted by molar-refractivity contribution is -0.234.